The summed E-state index contributed by atoms with van der Waals surface area (Å²) in [7, 11) is 0. The number of aryl methyl sites for hydroxylation is 1. The van der Waals surface area contributed by atoms with Crippen LogP contribution in [0.5, 0.6) is 5.75 Å². The second-order valence-electron chi connectivity index (χ2n) is 6.07. The molecule has 0 fully saturated rings. The Morgan fingerprint density at radius 1 is 0.958 bits per heavy atom. The molecule has 0 aromatic heterocycles. The second-order valence-corrected chi connectivity index (χ2v) is 6.86. The third-order valence-electron chi connectivity index (χ3n) is 3.89. The Kier molecular flexibility index (Phi) is 12.5. The molecular formula is C20H31BrO3. The van der Waals surface area contributed by atoms with Crippen LogP contribution >= 0.6 is 15.9 Å². The summed E-state index contributed by atoms with van der Waals surface area (Å²) in [5, 5.41) is 0.835. The second kappa shape index (κ2) is 14.3. The molecule has 0 aliphatic carbocycles. The summed E-state index contributed by atoms with van der Waals surface area (Å²) in [4.78, 5) is 11.5. The van der Waals surface area contributed by atoms with Crippen LogP contribution in [0.25, 0.3) is 0 Å². The lowest BCUT2D eigenvalue weighted by Gasteiger charge is -2.07. The molecule has 24 heavy (non-hydrogen) atoms. The molecule has 1 rings (SSSR count). The standard InChI is InChI=1S/C20H31BrO3/c1-2-3-4-5-6-7-8-10-18-11-13-19(14-12-18)24-17-20(22)23-16-9-15-21/h11-14H,2-10,15-17H2,1H3. The van der Waals surface area contributed by atoms with E-state index >= 15 is 0 Å². The molecule has 136 valence electrons. The van der Waals surface area contributed by atoms with Crippen molar-refractivity contribution in [2.75, 3.05) is 18.5 Å². The maximum atomic E-state index is 11.5. The first-order chi connectivity index (χ1) is 11.8. The van der Waals surface area contributed by atoms with Crippen molar-refractivity contribution in [2.45, 2.75) is 64.7 Å². The van der Waals surface area contributed by atoms with Crippen LogP contribution in [0.1, 0.15) is 63.9 Å². The Labute approximate surface area is 155 Å². The van der Waals surface area contributed by atoms with Gasteiger partial charge in [-0.2, -0.15) is 0 Å². The van der Waals surface area contributed by atoms with E-state index in [0.29, 0.717) is 6.61 Å². The summed E-state index contributed by atoms with van der Waals surface area (Å²) in [6, 6.07) is 8.04. The number of rotatable bonds is 14. The van der Waals surface area contributed by atoms with Gasteiger partial charge in [-0.3, -0.25) is 0 Å². The highest BCUT2D eigenvalue weighted by Gasteiger charge is 2.04. The monoisotopic (exact) mass is 398 g/mol. The van der Waals surface area contributed by atoms with Crippen molar-refractivity contribution in [2.24, 2.45) is 0 Å². The van der Waals surface area contributed by atoms with Crippen molar-refractivity contribution in [1.82, 2.24) is 0 Å². The van der Waals surface area contributed by atoms with Crippen molar-refractivity contribution >= 4 is 21.9 Å². The van der Waals surface area contributed by atoms with Gasteiger partial charge in [0.2, 0.25) is 0 Å². The van der Waals surface area contributed by atoms with Crippen LogP contribution in [0.3, 0.4) is 0 Å². The number of ether oxygens (including phenoxy) is 2. The van der Waals surface area contributed by atoms with Gasteiger partial charge in [-0.15, -0.1) is 0 Å². The quantitative estimate of drug-likeness (QED) is 0.229. The van der Waals surface area contributed by atoms with Crippen molar-refractivity contribution < 1.29 is 14.3 Å². The summed E-state index contributed by atoms with van der Waals surface area (Å²) >= 11 is 3.30. The van der Waals surface area contributed by atoms with Gasteiger partial charge in [0.25, 0.3) is 0 Å². The molecule has 0 N–H and O–H groups in total. The van der Waals surface area contributed by atoms with Crippen molar-refractivity contribution in [3.05, 3.63) is 29.8 Å². The van der Waals surface area contributed by atoms with Crippen LogP contribution in [0.2, 0.25) is 0 Å². The molecule has 0 spiro atoms. The number of hydrogen-bond acceptors (Lipinski definition) is 3. The zero-order valence-electron chi connectivity index (χ0n) is 14.9. The molecule has 0 bridgehead atoms. The van der Waals surface area contributed by atoms with Crippen LogP contribution in [-0.4, -0.2) is 24.5 Å². The highest BCUT2D eigenvalue weighted by atomic mass is 79.9. The average molecular weight is 399 g/mol. The van der Waals surface area contributed by atoms with E-state index in [1.165, 1.54) is 50.5 Å². The fraction of sp³-hybridized carbons (Fsp3) is 0.650. The number of benzene rings is 1. The van der Waals surface area contributed by atoms with E-state index < -0.39 is 0 Å². The first-order valence-electron chi connectivity index (χ1n) is 9.19. The number of carbonyl (C=O) groups is 1. The molecule has 1 aromatic rings. The Hall–Kier alpha value is -1.03. The fourth-order valence-corrected chi connectivity index (χ4v) is 2.69. The minimum Gasteiger partial charge on any atom is -0.482 e. The zero-order valence-corrected chi connectivity index (χ0v) is 16.5. The highest BCUT2D eigenvalue weighted by Crippen LogP contribution is 2.15. The number of hydrogen-bond donors (Lipinski definition) is 0. The molecule has 0 unspecified atom stereocenters. The summed E-state index contributed by atoms with van der Waals surface area (Å²) in [5.74, 6) is 0.402. The van der Waals surface area contributed by atoms with E-state index in [9.17, 15) is 4.79 Å². The third kappa shape index (κ3) is 10.7. The minimum absolute atomic E-state index is 0.0284. The predicted molar refractivity (Wildman–Crippen MR) is 103 cm³/mol. The maximum Gasteiger partial charge on any atom is 0.344 e. The van der Waals surface area contributed by atoms with Crippen LogP contribution in [0, 0.1) is 0 Å². The lowest BCUT2D eigenvalue weighted by atomic mass is 10.0. The Bertz CT molecular complexity index is 431. The van der Waals surface area contributed by atoms with Gasteiger partial charge in [0.1, 0.15) is 5.75 Å². The van der Waals surface area contributed by atoms with Gasteiger partial charge in [-0.05, 0) is 37.0 Å². The summed E-state index contributed by atoms with van der Waals surface area (Å²) < 4.78 is 10.5. The molecule has 0 aliphatic rings. The molecule has 0 amide bonds. The molecule has 4 heteroatoms. The van der Waals surface area contributed by atoms with E-state index in [4.69, 9.17) is 9.47 Å². The Morgan fingerprint density at radius 3 is 2.29 bits per heavy atom. The van der Waals surface area contributed by atoms with E-state index in [2.05, 4.69) is 35.0 Å². The molecule has 0 aliphatic heterocycles. The van der Waals surface area contributed by atoms with Crippen LogP contribution < -0.4 is 4.74 Å². The van der Waals surface area contributed by atoms with Crippen molar-refractivity contribution in [3.8, 4) is 5.75 Å². The molecule has 1 aromatic carbocycles. The van der Waals surface area contributed by atoms with Gasteiger partial charge in [-0.1, -0.05) is 73.5 Å². The van der Waals surface area contributed by atoms with Crippen molar-refractivity contribution in [1.29, 1.82) is 0 Å². The SMILES string of the molecule is CCCCCCCCCc1ccc(OCC(=O)OCCCBr)cc1. The molecule has 3 nitrogen and oxygen atoms in total. The topological polar surface area (TPSA) is 35.5 Å². The normalized spacial score (nSPS) is 10.6. The number of esters is 1. The molecule has 0 saturated heterocycles. The zero-order chi connectivity index (χ0) is 17.5. The molecule has 0 radical (unpaired) electrons. The van der Waals surface area contributed by atoms with E-state index in [0.717, 1.165) is 23.9 Å². The van der Waals surface area contributed by atoms with Crippen LogP contribution in [0.4, 0.5) is 0 Å². The van der Waals surface area contributed by atoms with Gasteiger partial charge >= 0.3 is 5.97 Å². The third-order valence-corrected chi connectivity index (χ3v) is 4.45. The number of carbonyl (C=O) groups excluding carboxylic acids is 1. The van der Waals surface area contributed by atoms with E-state index in [1.54, 1.807) is 0 Å². The predicted octanol–water partition coefficient (Wildman–Crippen LogP) is 5.69. The lowest BCUT2D eigenvalue weighted by molar-refractivity contribution is -0.145. The molecule has 0 atom stereocenters. The number of unbranched alkanes of at least 4 members (excludes halogenated alkanes) is 6. The maximum absolute atomic E-state index is 11.5. The van der Waals surface area contributed by atoms with Crippen molar-refractivity contribution in [3.63, 3.8) is 0 Å². The molecule has 0 saturated carbocycles. The first kappa shape index (κ1) is 21.0. The lowest BCUT2D eigenvalue weighted by Crippen LogP contribution is -2.15. The minimum atomic E-state index is -0.317. The van der Waals surface area contributed by atoms with Gasteiger partial charge in [0.05, 0.1) is 6.61 Å². The van der Waals surface area contributed by atoms with Gasteiger partial charge in [-0.25, -0.2) is 4.79 Å². The number of halogens is 1. The fourth-order valence-electron chi connectivity index (χ4n) is 2.46. The average Bonchev–Trinajstić information content (AvgIpc) is 2.60. The smallest absolute Gasteiger partial charge is 0.344 e. The Morgan fingerprint density at radius 2 is 1.62 bits per heavy atom. The van der Waals surface area contributed by atoms with Gasteiger partial charge in [0.15, 0.2) is 6.61 Å². The molecular weight excluding hydrogens is 368 g/mol. The summed E-state index contributed by atoms with van der Waals surface area (Å²) in [6.45, 7) is 2.66. The highest BCUT2D eigenvalue weighted by molar-refractivity contribution is 9.09. The molecule has 0 heterocycles. The Balaban J connectivity index is 2.13. The van der Waals surface area contributed by atoms with Gasteiger partial charge < -0.3 is 9.47 Å². The van der Waals surface area contributed by atoms with Crippen LogP contribution in [-0.2, 0) is 16.0 Å². The van der Waals surface area contributed by atoms with E-state index in [-0.39, 0.29) is 12.6 Å². The van der Waals surface area contributed by atoms with Crippen LogP contribution in [0.15, 0.2) is 24.3 Å². The largest absolute Gasteiger partial charge is 0.482 e. The first-order valence-corrected chi connectivity index (χ1v) is 10.3. The summed E-state index contributed by atoms with van der Waals surface area (Å²) in [5.41, 5.74) is 1.33. The van der Waals surface area contributed by atoms with E-state index in [1.807, 2.05) is 12.1 Å². The van der Waals surface area contributed by atoms with Gasteiger partial charge in [0, 0.05) is 5.33 Å². The summed E-state index contributed by atoms with van der Waals surface area (Å²) in [6.07, 6.45) is 11.2. The number of alkyl halides is 1.